The lowest BCUT2D eigenvalue weighted by molar-refractivity contribution is 0.0946. The van der Waals surface area contributed by atoms with Crippen LogP contribution in [0.25, 0.3) is 10.9 Å². The standard InChI is InChI=1S/C23H26N2O.C7H8O3S/c1-22(2)21(23(22,3)4)20(26)18-15-25(19-11-6-5-10-17(18)19)14-12-16-9-7-8-13-24-16;1-6-2-4-7(5-3-6)11(8,9)10/h5-11,13,15,21H,12,14H2,1-4H3;2-5H,1H3,(H,8,9,10). The molecule has 0 spiro atoms. The number of fused-ring (bicyclic) bond motifs is 1. The average Bonchev–Trinajstić information content (AvgIpc) is 3.11. The van der Waals surface area contributed by atoms with Crippen molar-refractivity contribution >= 4 is 26.8 Å². The maximum absolute atomic E-state index is 13.3. The molecule has 1 saturated carbocycles. The van der Waals surface area contributed by atoms with Crippen LogP contribution in [0.1, 0.15) is 49.3 Å². The van der Waals surface area contributed by atoms with Gasteiger partial charge in [-0.3, -0.25) is 14.3 Å². The largest absolute Gasteiger partial charge is 0.346 e. The van der Waals surface area contributed by atoms with Crippen molar-refractivity contribution in [3.05, 3.63) is 95.9 Å². The predicted octanol–water partition coefficient (Wildman–Crippen LogP) is 6.39. The van der Waals surface area contributed by atoms with Crippen molar-refractivity contribution in [3.63, 3.8) is 0 Å². The Hall–Kier alpha value is -3.29. The third kappa shape index (κ3) is 5.38. The van der Waals surface area contributed by atoms with E-state index in [0.29, 0.717) is 0 Å². The number of benzene rings is 2. The summed E-state index contributed by atoms with van der Waals surface area (Å²) < 4.78 is 31.8. The first kappa shape index (κ1) is 26.8. The molecule has 0 saturated heterocycles. The molecule has 0 unspecified atom stereocenters. The number of hydrogen-bond donors (Lipinski definition) is 1. The highest BCUT2D eigenvalue weighted by atomic mass is 32.2. The molecular weight excluding hydrogens is 484 g/mol. The molecule has 1 aliphatic carbocycles. The third-order valence-electron chi connectivity index (χ3n) is 7.99. The van der Waals surface area contributed by atoms with Crippen LogP contribution in [0, 0.1) is 23.7 Å². The summed E-state index contributed by atoms with van der Waals surface area (Å²) in [4.78, 5) is 17.7. The number of ketones is 1. The molecule has 2 heterocycles. The molecule has 0 aliphatic heterocycles. The number of para-hydroxylation sites is 1. The van der Waals surface area contributed by atoms with Gasteiger partial charge in [-0.05, 0) is 48.1 Å². The van der Waals surface area contributed by atoms with E-state index < -0.39 is 10.1 Å². The van der Waals surface area contributed by atoms with Gasteiger partial charge in [-0.1, -0.05) is 69.7 Å². The van der Waals surface area contributed by atoms with E-state index in [-0.39, 0.29) is 27.4 Å². The Morgan fingerprint density at radius 2 is 1.57 bits per heavy atom. The van der Waals surface area contributed by atoms with Gasteiger partial charge < -0.3 is 4.57 Å². The van der Waals surface area contributed by atoms with Gasteiger partial charge in [-0.2, -0.15) is 8.42 Å². The number of aryl methyl sites for hydroxylation is 3. The second-order valence-electron chi connectivity index (χ2n) is 10.9. The Balaban J connectivity index is 0.000000245. The van der Waals surface area contributed by atoms with Gasteiger partial charge >= 0.3 is 0 Å². The molecule has 0 amide bonds. The highest BCUT2D eigenvalue weighted by Crippen LogP contribution is 2.69. The number of Topliss-reactive ketones (excluding diaryl/α,β-unsaturated/α-hetero) is 1. The van der Waals surface area contributed by atoms with Crippen molar-refractivity contribution in [1.82, 2.24) is 9.55 Å². The number of carbonyl (C=O) groups is 1. The van der Waals surface area contributed by atoms with Gasteiger partial charge in [0, 0.05) is 53.4 Å². The SMILES string of the molecule is CC1(C)C(C(=O)c2cn(CCc3ccccn3)c3ccccc23)C1(C)C.Cc1ccc(S(=O)(=O)O)cc1. The summed E-state index contributed by atoms with van der Waals surface area (Å²) in [5.41, 5.74) is 4.14. The number of carbonyl (C=O) groups excluding carboxylic acids is 1. The molecule has 37 heavy (non-hydrogen) atoms. The molecule has 1 fully saturated rings. The fourth-order valence-corrected chi connectivity index (χ4v) is 5.61. The maximum Gasteiger partial charge on any atom is 0.294 e. The lowest BCUT2D eigenvalue weighted by Crippen LogP contribution is -2.07. The van der Waals surface area contributed by atoms with Gasteiger partial charge in [-0.15, -0.1) is 0 Å². The van der Waals surface area contributed by atoms with Gasteiger partial charge in [-0.25, -0.2) is 0 Å². The lowest BCUT2D eigenvalue weighted by atomic mass is 10.0. The highest BCUT2D eigenvalue weighted by molar-refractivity contribution is 7.85. The maximum atomic E-state index is 13.3. The van der Waals surface area contributed by atoms with Crippen LogP contribution in [0.15, 0.2) is 84.0 Å². The van der Waals surface area contributed by atoms with Crippen LogP contribution in [0.3, 0.4) is 0 Å². The summed E-state index contributed by atoms with van der Waals surface area (Å²) in [6, 6.07) is 20.2. The second kappa shape index (κ2) is 9.88. The third-order valence-corrected chi connectivity index (χ3v) is 8.86. The van der Waals surface area contributed by atoms with E-state index in [0.717, 1.165) is 40.7 Å². The first-order chi connectivity index (χ1) is 17.3. The molecule has 4 aromatic rings. The summed E-state index contributed by atoms with van der Waals surface area (Å²) >= 11 is 0. The molecule has 0 radical (unpaired) electrons. The lowest BCUT2D eigenvalue weighted by Gasteiger charge is -2.04. The zero-order valence-corrected chi connectivity index (χ0v) is 22.8. The normalized spacial score (nSPS) is 16.2. The monoisotopic (exact) mass is 518 g/mol. The van der Waals surface area contributed by atoms with E-state index in [1.165, 1.54) is 12.1 Å². The Labute approximate surface area is 219 Å². The van der Waals surface area contributed by atoms with Crippen molar-refractivity contribution in [1.29, 1.82) is 0 Å². The Kier molecular flexibility index (Phi) is 7.14. The fraction of sp³-hybridized carbons (Fsp3) is 0.333. The molecule has 2 aromatic carbocycles. The fourth-order valence-electron chi connectivity index (χ4n) is 5.13. The molecule has 6 nitrogen and oxygen atoms in total. The van der Waals surface area contributed by atoms with Gasteiger partial charge in [0.1, 0.15) is 0 Å². The molecular formula is C30H34N2O4S. The van der Waals surface area contributed by atoms with Gasteiger partial charge in [0.15, 0.2) is 5.78 Å². The molecule has 0 bridgehead atoms. The Bertz CT molecular complexity index is 1510. The minimum Gasteiger partial charge on any atom is -0.346 e. The molecule has 1 aliphatic rings. The first-order valence-corrected chi connectivity index (χ1v) is 13.8. The number of pyridine rings is 1. The van der Waals surface area contributed by atoms with Crippen molar-refractivity contribution in [2.45, 2.75) is 52.5 Å². The number of nitrogens with zero attached hydrogens (tertiary/aromatic N) is 2. The zero-order valence-electron chi connectivity index (χ0n) is 22.0. The van der Waals surface area contributed by atoms with Crippen LogP contribution in [0.2, 0.25) is 0 Å². The smallest absolute Gasteiger partial charge is 0.294 e. The van der Waals surface area contributed by atoms with Gasteiger partial charge in [0.25, 0.3) is 10.1 Å². The van der Waals surface area contributed by atoms with Crippen molar-refractivity contribution in [2.24, 2.45) is 16.7 Å². The molecule has 5 rings (SSSR count). The van der Waals surface area contributed by atoms with Crippen LogP contribution >= 0.6 is 0 Å². The van der Waals surface area contributed by atoms with Gasteiger partial charge in [0.2, 0.25) is 0 Å². The van der Waals surface area contributed by atoms with E-state index in [9.17, 15) is 13.2 Å². The molecule has 1 N–H and O–H groups in total. The number of aromatic nitrogens is 2. The summed E-state index contributed by atoms with van der Waals surface area (Å²) in [5, 5.41) is 1.07. The van der Waals surface area contributed by atoms with Gasteiger partial charge in [0.05, 0.1) is 4.90 Å². The molecule has 7 heteroatoms. The molecule has 194 valence electrons. The van der Waals surface area contributed by atoms with E-state index in [2.05, 4.69) is 55.6 Å². The minimum atomic E-state index is -4.02. The zero-order chi connectivity index (χ0) is 27.0. The van der Waals surface area contributed by atoms with Crippen LogP contribution in [0.4, 0.5) is 0 Å². The average molecular weight is 519 g/mol. The van der Waals surface area contributed by atoms with Crippen molar-refractivity contribution in [2.75, 3.05) is 0 Å². The van der Waals surface area contributed by atoms with E-state index >= 15 is 0 Å². The van der Waals surface area contributed by atoms with E-state index in [1.807, 2.05) is 43.5 Å². The summed E-state index contributed by atoms with van der Waals surface area (Å²) in [7, 11) is -4.02. The topological polar surface area (TPSA) is 89.3 Å². The minimum absolute atomic E-state index is 0.0568. The quantitative estimate of drug-likeness (QED) is 0.236. The first-order valence-electron chi connectivity index (χ1n) is 12.4. The van der Waals surface area contributed by atoms with Crippen LogP contribution in [0.5, 0.6) is 0 Å². The molecule has 2 aromatic heterocycles. The van der Waals surface area contributed by atoms with Crippen LogP contribution in [-0.4, -0.2) is 28.3 Å². The number of hydrogen-bond acceptors (Lipinski definition) is 4. The van der Waals surface area contributed by atoms with Crippen LogP contribution < -0.4 is 0 Å². The van der Waals surface area contributed by atoms with E-state index in [1.54, 1.807) is 12.1 Å². The number of rotatable bonds is 6. The Morgan fingerprint density at radius 3 is 2.14 bits per heavy atom. The molecule has 0 atom stereocenters. The second-order valence-corrected chi connectivity index (χ2v) is 12.3. The summed E-state index contributed by atoms with van der Waals surface area (Å²) in [6.45, 7) is 11.5. The van der Waals surface area contributed by atoms with Crippen molar-refractivity contribution in [3.8, 4) is 0 Å². The Morgan fingerprint density at radius 1 is 0.946 bits per heavy atom. The summed E-state index contributed by atoms with van der Waals surface area (Å²) in [6.07, 6.45) is 4.74. The highest BCUT2D eigenvalue weighted by Gasteiger charge is 2.68. The van der Waals surface area contributed by atoms with Crippen LogP contribution in [-0.2, 0) is 23.1 Å². The predicted molar refractivity (Wildman–Crippen MR) is 146 cm³/mol. The van der Waals surface area contributed by atoms with Crippen molar-refractivity contribution < 1.29 is 17.8 Å². The van der Waals surface area contributed by atoms with E-state index in [4.69, 9.17) is 4.55 Å². The summed E-state index contributed by atoms with van der Waals surface area (Å²) in [5.74, 6) is 0.373.